The van der Waals surface area contributed by atoms with E-state index in [1.165, 1.54) is 0 Å². The summed E-state index contributed by atoms with van der Waals surface area (Å²) in [5, 5.41) is 10.6. The molecule has 1 unspecified atom stereocenters. The zero-order chi connectivity index (χ0) is 15.9. The van der Waals surface area contributed by atoms with E-state index in [-0.39, 0.29) is 12.2 Å². The molecule has 22 heavy (non-hydrogen) atoms. The van der Waals surface area contributed by atoms with Crippen LogP contribution in [0.4, 0.5) is 0 Å². The number of ether oxygens (including phenoxy) is 1. The number of aliphatic hydroxyl groups is 1. The fourth-order valence-electron chi connectivity index (χ4n) is 2.20. The average molecular weight is 296 g/mol. The third kappa shape index (κ3) is 3.83. The molecule has 3 nitrogen and oxygen atoms in total. The lowest BCUT2D eigenvalue weighted by Crippen LogP contribution is -2.14. The van der Waals surface area contributed by atoms with Crippen molar-refractivity contribution >= 4 is 12.0 Å². The van der Waals surface area contributed by atoms with Crippen LogP contribution in [-0.2, 0) is 9.53 Å². The van der Waals surface area contributed by atoms with Crippen LogP contribution in [0.25, 0.3) is 6.08 Å². The van der Waals surface area contributed by atoms with Crippen LogP contribution in [0.15, 0.2) is 60.2 Å². The molecule has 2 aromatic rings. The van der Waals surface area contributed by atoms with Gasteiger partial charge in [0.05, 0.1) is 12.2 Å². The van der Waals surface area contributed by atoms with Crippen molar-refractivity contribution in [2.45, 2.75) is 20.0 Å². The molecule has 0 fully saturated rings. The van der Waals surface area contributed by atoms with Crippen molar-refractivity contribution in [3.8, 4) is 0 Å². The smallest absolute Gasteiger partial charge is 0.337 e. The number of carbonyl (C=O) groups excluding carboxylic acids is 1. The fraction of sp³-hybridized carbons (Fsp3) is 0.211. The predicted molar refractivity (Wildman–Crippen MR) is 87.2 cm³/mol. The third-order valence-electron chi connectivity index (χ3n) is 3.42. The Morgan fingerprint density at radius 1 is 1.14 bits per heavy atom. The summed E-state index contributed by atoms with van der Waals surface area (Å²) < 4.78 is 5.09. The molecule has 0 spiro atoms. The Balaban J connectivity index is 2.43. The summed E-state index contributed by atoms with van der Waals surface area (Å²) in [5.41, 5.74) is 2.82. The molecule has 114 valence electrons. The molecule has 0 saturated heterocycles. The van der Waals surface area contributed by atoms with Gasteiger partial charge in [-0.3, -0.25) is 0 Å². The molecular formula is C19H20O3. The topological polar surface area (TPSA) is 46.5 Å². The van der Waals surface area contributed by atoms with Crippen molar-refractivity contribution in [1.29, 1.82) is 0 Å². The van der Waals surface area contributed by atoms with E-state index >= 15 is 0 Å². The number of hydrogen-bond acceptors (Lipinski definition) is 3. The van der Waals surface area contributed by atoms with E-state index < -0.39 is 12.1 Å². The van der Waals surface area contributed by atoms with Crippen LogP contribution < -0.4 is 0 Å². The Hall–Kier alpha value is -2.39. The van der Waals surface area contributed by atoms with Crippen LogP contribution >= 0.6 is 0 Å². The minimum Gasteiger partial charge on any atom is -0.463 e. The van der Waals surface area contributed by atoms with Gasteiger partial charge in [-0.2, -0.15) is 0 Å². The van der Waals surface area contributed by atoms with Gasteiger partial charge in [-0.15, -0.1) is 0 Å². The van der Waals surface area contributed by atoms with Crippen LogP contribution in [0.5, 0.6) is 0 Å². The van der Waals surface area contributed by atoms with Gasteiger partial charge in [-0.1, -0.05) is 54.6 Å². The normalized spacial score (nSPS) is 12.8. The van der Waals surface area contributed by atoms with E-state index in [4.69, 9.17) is 4.74 Å². The van der Waals surface area contributed by atoms with Crippen molar-refractivity contribution in [3.63, 3.8) is 0 Å². The van der Waals surface area contributed by atoms with Crippen molar-refractivity contribution in [3.05, 3.63) is 76.9 Å². The van der Waals surface area contributed by atoms with Crippen molar-refractivity contribution in [2.24, 2.45) is 0 Å². The first-order chi connectivity index (χ1) is 10.6. The molecule has 0 aromatic heterocycles. The fourth-order valence-corrected chi connectivity index (χ4v) is 2.20. The van der Waals surface area contributed by atoms with Gasteiger partial charge in [0.25, 0.3) is 0 Å². The summed E-state index contributed by atoms with van der Waals surface area (Å²) in [4.78, 5) is 12.2. The molecule has 2 aromatic carbocycles. The molecule has 0 heterocycles. The van der Waals surface area contributed by atoms with Gasteiger partial charge in [0, 0.05) is 0 Å². The SMILES string of the molecule is CCOC(=O)/C(=C\c1ccccc1C)C(O)c1ccccc1. The third-order valence-corrected chi connectivity index (χ3v) is 3.42. The Kier molecular flexibility index (Phi) is 5.50. The Labute approximate surface area is 130 Å². The number of benzene rings is 2. The molecular weight excluding hydrogens is 276 g/mol. The lowest BCUT2D eigenvalue weighted by molar-refractivity contribution is -0.139. The molecule has 0 aliphatic rings. The van der Waals surface area contributed by atoms with Crippen molar-refractivity contribution in [1.82, 2.24) is 0 Å². The number of carbonyl (C=O) groups is 1. The minimum absolute atomic E-state index is 0.238. The molecule has 1 N–H and O–H groups in total. The second-order valence-corrected chi connectivity index (χ2v) is 4.99. The molecule has 0 aliphatic heterocycles. The van der Waals surface area contributed by atoms with E-state index in [1.54, 1.807) is 25.1 Å². The quantitative estimate of drug-likeness (QED) is 0.676. The van der Waals surface area contributed by atoms with Crippen molar-refractivity contribution < 1.29 is 14.6 Å². The number of aliphatic hydroxyl groups excluding tert-OH is 1. The van der Waals surface area contributed by atoms with Crippen LogP contribution in [0, 0.1) is 6.92 Å². The number of esters is 1. The van der Waals surface area contributed by atoms with Gasteiger partial charge >= 0.3 is 5.97 Å². The highest BCUT2D eigenvalue weighted by atomic mass is 16.5. The monoisotopic (exact) mass is 296 g/mol. The number of rotatable bonds is 5. The van der Waals surface area contributed by atoms with Gasteiger partial charge in [0.1, 0.15) is 6.10 Å². The Bertz CT molecular complexity index is 659. The second-order valence-electron chi connectivity index (χ2n) is 4.99. The molecule has 2 rings (SSSR count). The first-order valence-corrected chi connectivity index (χ1v) is 7.30. The van der Waals surface area contributed by atoms with Gasteiger partial charge < -0.3 is 9.84 Å². The highest BCUT2D eigenvalue weighted by molar-refractivity contribution is 5.95. The predicted octanol–water partition coefficient (Wildman–Crippen LogP) is 3.68. The summed E-state index contributed by atoms with van der Waals surface area (Å²) in [6.07, 6.45) is 0.685. The van der Waals surface area contributed by atoms with E-state index in [1.807, 2.05) is 49.4 Å². The zero-order valence-corrected chi connectivity index (χ0v) is 12.8. The van der Waals surface area contributed by atoms with E-state index in [9.17, 15) is 9.90 Å². The molecule has 0 radical (unpaired) electrons. The maximum atomic E-state index is 12.2. The molecule has 0 amide bonds. The van der Waals surface area contributed by atoms with Gasteiger partial charge in [-0.25, -0.2) is 4.79 Å². The Morgan fingerprint density at radius 3 is 2.41 bits per heavy atom. The van der Waals surface area contributed by atoms with Gasteiger partial charge in [0.2, 0.25) is 0 Å². The average Bonchev–Trinajstić information content (AvgIpc) is 2.54. The molecule has 3 heteroatoms. The van der Waals surface area contributed by atoms with Gasteiger partial charge in [0.15, 0.2) is 0 Å². The molecule has 0 bridgehead atoms. The largest absolute Gasteiger partial charge is 0.463 e. The minimum atomic E-state index is -1.01. The Morgan fingerprint density at radius 2 is 1.77 bits per heavy atom. The van der Waals surface area contributed by atoms with Crippen LogP contribution in [-0.4, -0.2) is 17.7 Å². The summed E-state index contributed by atoms with van der Waals surface area (Å²) in [5.74, 6) is -0.498. The summed E-state index contributed by atoms with van der Waals surface area (Å²) in [6.45, 7) is 3.98. The van der Waals surface area contributed by atoms with E-state index in [2.05, 4.69) is 0 Å². The lowest BCUT2D eigenvalue weighted by Gasteiger charge is -2.15. The van der Waals surface area contributed by atoms with E-state index in [0.29, 0.717) is 5.56 Å². The maximum absolute atomic E-state index is 12.2. The van der Waals surface area contributed by atoms with Crippen molar-refractivity contribution in [2.75, 3.05) is 6.61 Å². The molecule has 0 aliphatic carbocycles. The van der Waals surface area contributed by atoms with Crippen LogP contribution in [0.1, 0.15) is 29.7 Å². The summed E-state index contributed by atoms with van der Waals surface area (Å²) >= 11 is 0. The molecule has 1 atom stereocenters. The highest BCUT2D eigenvalue weighted by Gasteiger charge is 2.21. The zero-order valence-electron chi connectivity index (χ0n) is 12.8. The van der Waals surface area contributed by atoms with Crippen LogP contribution in [0.3, 0.4) is 0 Å². The van der Waals surface area contributed by atoms with Crippen LogP contribution in [0.2, 0.25) is 0 Å². The molecule has 0 saturated carbocycles. The standard InChI is InChI=1S/C19H20O3/c1-3-22-19(21)17(13-16-12-8-7-9-14(16)2)18(20)15-10-5-4-6-11-15/h4-13,18,20H,3H2,1-2H3/b17-13-. The van der Waals surface area contributed by atoms with E-state index in [0.717, 1.165) is 11.1 Å². The maximum Gasteiger partial charge on any atom is 0.337 e. The highest BCUT2D eigenvalue weighted by Crippen LogP contribution is 2.25. The summed E-state index contributed by atoms with van der Waals surface area (Å²) in [7, 11) is 0. The number of hydrogen-bond donors (Lipinski definition) is 1. The second kappa shape index (κ2) is 7.57. The first kappa shape index (κ1) is 16.0. The number of aryl methyl sites for hydroxylation is 1. The lowest BCUT2D eigenvalue weighted by atomic mass is 9.98. The van der Waals surface area contributed by atoms with Gasteiger partial charge in [-0.05, 0) is 36.6 Å². The first-order valence-electron chi connectivity index (χ1n) is 7.30. The summed E-state index contributed by atoms with van der Waals surface area (Å²) in [6, 6.07) is 16.8.